The molecule has 0 aliphatic carbocycles. The minimum absolute atomic E-state index is 0.0473. The number of benzene rings is 5. The second-order valence-electron chi connectivity index (χ2n) is 17.1. The summed E-state index contributed by atoms with van der Waals surface area (Å²) < 4.78 is 24.4. The number of carbonyl (C=O) groups excluding carboxylic acids is 3. The molecule has 5 aromatic rings. The van der Waals surface area contributed by atoms with Gasteiger partial charge in [0.15, 0.2) is 12.2 Å². The molecule has 11 nitrogen and oxygen atoms in total. The molecule has 0 unspecified atom stereocenters. The Morgan fingerprint density at radius 2 is 1.57 bits per heavy atom. The lowest BCUT2D eigenvalue weighted by molar-refractivity contribution is -0.151. The van der Waals surface area contributed by atoms with Gasteiger partial charge in [0.1, 0.15) is 17.2 Å². The Kier molecular flexibility index (Phi) is 10.5. The van der Waals surface area contributed by atoms with Crippen molar-refractivity contribution in [2.75, 3.05) is 37.2 Å². The highest BCUT2D eigenvalue weighted by Crippen LogP contribution is 2.60. The molecule has 314 valence electrons. The van der Waals surface area contributed by atoms with E-state index in [-0.39, 0.29) is 61.4 Å². The smallest absolute Gasteiger partial charge is 0.269 e. The first kappa shape index (κ1) is 40.5. The fourth-order valence-electron chi connectivity index (χ4n) is 10.5. The zero-order valence-electron chi connectivity index (χ0n) is 35.2. The molecule has 0 saturated carbocycles. The number of hydrogen-bond acceptors (Lipinski definition) is 8. The van der Waals surface area contributed by atoms with E-state index < -0.39 is 19.8 Å². The number of nitrogens with zero attached hydrogens (tertiary/aromatic N) is 3. The van der Waals surface area contributed by atoms with E-state index in [0.717, 1.165) is 27.6 Å². The first-order valence-electron chi connectivity index (χ1n) is 20.9. The zero-order valence-corrected chi connectivity index (χ0v) is 36.2. The minimum atomic E-state index is -2.58. The number of carbonyl (C=O) groups is 3. The van der Waals surface area contributed by atoms with Gasteiger partial charge in [-0.05, 0) is 83.2 Å². The lowest BCUT2D eigenvalue weighted by Gasteiger charge is -2.39. The van der Waals surface area contributed by atoms with Crippen LogP contribution in [-0.4, -0.2) is 75.4 Å². The molecular weight excluding hydrogens is 787 g/mol. The minimum Gasteiger partial charge on any atom is -0.497 e. The van der Waals surface area contributed by atoms with Crippen LogP contribution in [0, 0.1) is 5.92 Å². The molecule has 4 aliphatic rings. The van der Waals surface area contributed by atoms with Gasteiger partial charge in [-0.3, -0.25) is 19.3 Å². The van der Waals surface area contributed by atoms with Crippen molar-refractivity contribution in [1.29, 1.82) is 0 Å². The highest BCUT2D eigenvalue weighted by molar-refractivity contribution is 6.91. The number of ether oxygens (including phenoxy) is 4. The Morgan fingerprint density at radius 3 is 2.33 bits per heavy atom. The normalized spacial score (nSPS) is 23.1. The Balaban J connectivity index is 1.10. The summed E-state index contributed by atoms with van der Waals surface area (Å²) in [6.07, 6.45) is -0.0130. The Morgan fingerprint density at radius 1 is 0.852 bits per heavy atom. The molecular formula is C49H51N3O8Si. The van der Waals surface area contributed by atoms with Gasteiger partial charge in [-0.2, -0.15) is 0 Å². The average molecular weight is 838 g/mol. The van der Waals surface area contributed by atoms with Gasteiger partial charge in [0.05, 0.1) is 65.4 Å². The van der Waals surface area contributed by atoms with Crippen LogP contribution < -0.4 is 29.2 Å². The predicted octanol–water partition coefficient (Wildman–Crippen LogP) is 6.86. The van der Waals surface area contributed by atoms with Gasteiger partial charge in [0.2, 0.25) is 5.91 Å². The number of hydrogen-bond donors (Lipinski definition) is 1. The molecule has 5 aromatic carbocycles. The first-order valence-corrected chi connectivity index (χ1v) is 24.0. The SMILES string of the molecule is COc1ccc([Si](C)(C)[C@H]2[C@H](CC(=O)N3Cc4ccccc4C[C@H]3CO)O[C@@]3(C(=O)N(Cc4cccc(N5C(=O)COc6ccccc65)c4)c4ccc(OC)cc43)[C@@H]2C)cc1. The molecule has 1 N–H and O–H groups in total. The van der Waals surface area contributed by atoms with Gasteiger partial charge in [-0.25, -0.2) is 0 Å². The largest absolute Gasteiger partial charge is 0.497 e. The summed E-state index contributed by atoms with van der Waals surface area (Å²) in [6.45, 7) is 7.07. The van der Waals surface area contributed by atoms with Crippen LogP contribution >= 0.6 is 0 Å². The number of para-hydroxylation sites is 2. The molecule has 12 heteroatoms. The summed E-state index contributed by atoms with van der Waals surface area (Å²) in [5.74, 6) is 1.10. The number of fused-ring (bicyclic) bond motifs is 4. The maximum Gasteiger partial charge on any atom is 0.269 e. The van der Waals surface area contributed by atoms with E-state index in [9.17, 15) is 14.7 Å². The lowest BCUT2D eigenvalue weighted by Crippen LogP contribution is -2.52. The van der Waals surface area contributed by atoms with Crippen LogP contribution in [0.2, 0.25) is 18.6 Å². The van der Waals surface area contributed by atoms with Crippen molar-refractivity contribution in [3.63, 3.8) is 0 Å². The molecule has 4 heterocycles. The summed E-state index contributed by atoms with van der Waals surface area (Å²) >= 11 is 0. The molecule has 9 rings (SSSR count). The van der Waals surface area contributed by atoms with E-state index in [1.807, 2.05) is 97.1 Å². The van der Waals surface area contributed by atoms with Crippen LogP contribution in [0.25, 0.3) is 0 Å². The summed E-state index contributed by atoms with van der Waals surface area (Å²) in [5, 5.41) is 11.7. The maximum absolute atomic E-state index is 15.6. The lowest BCUT2D eigenvalue weighted by atomic mass is 9.82. The van der Waals surface area contributed by atoms with Crippen LogP contribution in [-0.2, 0) is 44.2 Å². The molecule has 0 radical (unpaired) electrons. The molecule has 5 atom stereocenters. The maximum atomic E-state index is 15.6. The standard InChI is InChI=1S/C49H51N3O8Si/c1-31-47(61(4,5)39-20-17-37(57-2)18-21-39)44(26-45(54)50-28-34-13-7-6-12-33(34)24-36(50)29-53)60-49(31)40-25-38(58-3)19-22-41(40)51(48(49)56)27-32-11-10-14-35(23-32)52-42-15-8-9-16-43(42)59-30-46(52)55/h6-23,25,31,36,44,47,53H,24,26-30H2,1-5H3/t31-,36+,44+,47-,49+/m1/s1. The number of aliphatic hydroxyl groups excluding tert-OH is 1. The van der Waals surface area contributed by atoms with Crippen LogP contribution in [0.3, 0.4) is 0 Å². The predicted molar refractivity (Wildman–Crippen MR) is 235 cm³/mol. The van der Waals surface area contributed by atoms with Crippen molar-refractivity contribution in [3.8, 4) is 17.2 Å². The van der Waals surface area contributed by atoms with E-state index in [4.69, 9.17) is 18.9 Å². The molecule has 0 aromatic heterocycles. The van der Waals surface area contributed by atoms with Crippen LogP contribution in [0.15, 0.2) is 115 Å². The third-order valence-electron chi connectivity index (χ3n) is 13.5. The van der Waals surface area contributed by atoms with E-state index >= 15 is 4.79 Å². The number of rotatable bonds is 10. The fourth-order valence-corrected chi connectivity index (χ4v) is 14.5. The van der Waals surface area contributed by atoms with Gasteiger partial charge < -0.3 is 33.9 Å². The van der Waals surface area contributed by atoms with Gasteiger partial charge in [-0.1, -0.05) is 85.9 Å². The first-order chi connectivity index (χ1) is 29.5. The Labute approximate surface area is 357 Å². The number of amides is 3. The average Bonchev–Trinajstić information content (AvgIpc) is 3.71. The van der Waals surface area contributed by atoms with Gasteiger partial charge >= 0.3 is 0 Å². The van der Waals surface area contributed by atoms with Crippen LogP contribution in [0.1, 0.15) is 35.6 Å². The molecule has 1 spiro atoms. The molecule has 0 bridgehead atoms. The molecule has 4 aliphatic heterocycles. The van der Waals surface area contributed by atoms with Gasteiger partial charge in [0, 0.05) is 23.7 Å². The molecule has 61 heavy (non-hydrogen) atoms. The topological polar surface area (TPSA) is 118 Å². The van der Waals surface area contributed by atoms with Crippen molar-refractivity contribution >= 4 is 48.0 Å². The van der Waals surface area contributed by atoms with E-state index in [2.05, 4.69) is 38.2 Å². The van der Waals surface area contributed by atoms with Crippen LogP contribution in [0.4, 0.5) is 17.1 Å². The number of methoxy groups -OCH3 is 2. The van der Waals surface area contributed by atoms with Crippen molar-refractivity contribution in [2.24, 2.45) is 5.92 Å². The summed E-state index contributed by atoms with van der Waals surface area (Å²) in [6, 6.07) is 36.7. The number of anilines is 3. The van der Waals surface area contributed by atoms with E-state index in [1.165, 1.54) is 0 Å². The van der Waals surface area contributed by atoms with E-state index in [1.54, 1.807) is 28.9 Å². The molecule has 1 fully saturated rings. The van der Waals surface area contributed by atoms with Crippen LogP contribution in [0.5, 0.6) is 17.2 Å². The van der Waals surface area contributed by atoms with Gasteiger partial charge in [-0.15, -0.1) is 0 Å². The second kappa shape index (κ2) is 15.8. The third kappa shape index (κ3) is 6.77. The third-order valence-corrected chi connectivity index (χ3v) is 17.9. The molecule has 1 saturated heterocycles. The van der Waals surface area contributed by atoms with Crippen molar-refractivity contribution in [1.82, 2.24) is 4.90 Å². The summed E-state index contributed by atoms with van der Waals surface area (Å²) in [7, 11) is 0.673. The summed E-state index contributed by atoms with van der Waals surface area (Å²) in [4.78, 5) is 48.9. The fraction of sp³-hybridized carbons (Fsp3) is 0.327. The Hall–Kier alpha value is -5.95. The van der Waals surface area contributed by atoms with Gasteiger partial charge in [0.25, 0.3) is 11.8 Å². The van der Waals surface area contributed by atoms with E-state index in [0.29, 0.717) is 47.1 Å². The quantitative estimate of drug-likeness (QED) is 0.152. The van der Waals surface area contributed by atoms with Crippen molar-refractivity contribution in [3.05, 3.63) is 138 Å². The zero-order chi connectivity index (χ0) is 42.6. The van der Waals surface area contributed by atoms with Crippen molar-refractivity contribution < 1.29 is 38.4 Å². The van der Waals surface area contributed by atoms with Crippen molar-refractivity contribution in [2.45, 2.75) is 69.2 Å². The summed E-state index contributed by atoms with van der Waals surface area (Å²) in [5.41, 5.74) is 4.15. The second-order valence-corrected chi connectivity index (χ2v) is 21.8. The number of aliphatic hydroxyl groups is 1. The monoisotopic (exact) mass is 837 g/mol. The highest BCUT2D eigenvalue weighted by Gasteiger charge is 2.66. The Bertz CT molecular complexity index is 2510. The highest BCUT2D eigenvalue weighted by atomic mass is 28.3. The molecule has 3 amide bonds.